The summed E-state index contributed by atoms with van der Waals surface area (Å²) in [6.07, 6.45) is 3.88. The van der Waals surface area contributed by atoms with Crippen molar-refractivity contribution in [1.29, 1.82) is 0 Å². The summed E-state index contributed by atoms with van der Waals surface area (Å²) < 4.78 is 0. The van der Waals surface area contributed by atoms with Gasteiger partial charge in [-0.1, -0.05) is 12.1 Å². The molecule has 2 aromatic rings. The van der Waals surface area contributed by atoms with Crippen LogP contribution in [0.1, 0.15) is 24.8 Å². The molecule has 174 valence electrons. The van der Waals surface area contributed by atoms with Crippen molar-refractivity contribution in [3.63, 3.8) is 0 Å². The van der Waals surface area contributed by atoms with Gasteiger partial charge in [-0.2, -0.15) is 0 Å². The SMILES string of the molecule is Cc1ccc(NC(=O)C2CC2)cc1NC(=O)NCCC(=O)N1CCN(c2ccccn2)CC1. The number of nitrogens with zero attached hydrogens (tertiary/aromatic N) is 3. The Morgan fingerprint density at radius 1 is 1.03 bits per heavy atom. The fraction of sp³-hybridized carbons (Fsp3) is 0.417. The number of piperazine rings is 1. The average molecular weight is 451 g/mol. The lowest BCUT2D eigenvalue weighted by atomic mass is 10.1. The predicted octanol–water partition coefficient (Wildman–Crippen LogP) is 2.60. The number of hydrogen-bond donors (Lipinski definition) is 3. The van der Waals surface area contributed by atoms with Gasteiger partial charge >= 0.3 is 6.03 Å². The zero-order chi connectivity index (χ0) is 23.2. The summed E-state index contributed by atoms with van der Waals surface area (Å²) in [7, 11) is 0. The summed E-state index contributed by atoms with van der Waals surface area (Å²) in [6, 6.07) is 10.9. The first-order valence-corrected chi connectivity index (χ1v) is 11.4. The molecule has 1 aromatic carbocycles. The van der Waals surface area contributed by atoms with Gasteiger partial charge < -0.3 is 25.8 Å². The second kappa shape index (κ2) is 10.3. The molecule has 4 rings (SSSR count). The lowest BCUT2D eigenvalue weighted by Gasteiger charge is -2.35. The first-order chi connectivity index (χ1) is 16.0. The van der Waals surface area contributed by atoms with Crippen LogP contribution in [0.5, 0.6) is 0 Å². The van der Waals surface area contributed by atoms with Crippen LogP contribution >= 0.6 is 0 Å². The Hall–Kier alpha value is -3.62. The first-order valence-electron chi connectivity index (χ1n) is 11.4. The molecule has 33 heavy (non-hydrogen) atoms. The van der Waals surface area contributed by atoms with Crippen LogP contribution in [0.25, 0.3) is 0 Å². The second-order valence-corrected chi connectivity index (χ2v) is 8.48. The van der Waals surface area contributed by atoms with Crippen molar-refractivity contribution in [1.82, 2.24) is 15.2 Å². The fourth-order valence-electron chi connectivity index (χ4n) is 3.76. The maximum Gasteiger partial charge on any atom is 0.319 e. The Labute approximate surface area is 193 Å². The van der Waals surface area contributed by atoms with E-state index in [1.54, 1.807) is 12.3 Å². The number of nitrogens with one attached hydrogen (secondary N) is 3. The van der Waals surface area contributed by atoms with E-state index >= 15 is 0 Å². The Balaban J connectivity index is 1.19. The zero-order valence-corrected chi connectivity index (χ0v) is 18.8. The molecular formula is C24H30N6O3. The van der Waals surface area contributed by atoms with Gasteiger partial charge in [0.15, 0.2) is 0 Å². The van der Waals surface area contributed by atoms with Crippen molar-refractivity contribution in [2.75, 3.05) is 48.3 Å². The number of amides is 4. The Morgan fingerprint density at radius 3 is 2.52 bits per heavy atom. The van der Waals surface area contributed by atoms with Crippen LogP contribution in [-0.4, -0.2) is 60.5 Å². The first kappa shape index (κ1) is 22.6. The van der Waals surface area contributed by atoms with E-state index in [0.29, 0.717) is 24.5 Å². The van der Waals surface area contributed by atoms with Gasteiger partial charge in [0.25, 0.3) is 0 Å². The molecule has 0 radical (unpaired) electrons. The van der Waals surface area contributed by atoms with Crippen LogP contribution in [0.4, 0.5) is 22.0 Å². The molecule has 3 N–H and O–H groups in total. The molecule has 9 heteroatoms. The molecule has 0 unspecified atom stereocenters. The van der Waals surface area contributed by atoms with Crippen LogP contribution in [-0.2, 0) is 9.59 Å². The summed E-state index contributed by atoms with van der Waals surface area (Å²) in [6.45, 7) is 4.89. The van der Waals surface area contributed by atoms with E-state index in [2.05, 4.69) is 25.8 Å². The highest BCUT2D eigenvalue weighted by atomic mass is 16.2. The molecular weight excluding hydrogens is 420 g/mol. The van der Waals surface area contributed by atoms with Gasteiger partial charge in [-0.3, -0.25) is 9.59 Å². The van der Waals surface area contributed by atoms with Crippen molar-refractivity contribution in [3.05, 3.63) is 48.2 Å². The van der Waals surface area contributed by atoms with E-state index in [1.165, 1.54) is 0 Å². The van der Waals surface area contributed by atoms with Crippen molar-refractivity contribution in [2.45, 2.75) is 26.2 Å². The highest BCUT2D eigenvalue weighted by Crippen LogP contribution is 2.30. The number of rotatable bonds is 7. The summed E-state index contributed by atoms with van der Waals surface area (Å²) in [4.78, 5) is 45.2. The van der Waals surface area contributed by atoms with E-state index in [9.17, 15) is 14.4 Å². The molecule has 0 spiro atoms. The van der Waals surface area contributed by atoms with Gasteiger partial charge in [0, 0.05) is 62.6 Å². The predicted molar refractivity (Wildman–Crippen MR) is 127 cm³/mol. The molecule has 2 fully saturated rings. The summed E-state index contributed by atoms with van der Waals surface area (Å²) in [5.74, 6) is 1.08. The van der Waals surface area contributed by atoms with Crippen molar-refractivity contribution < 1.29 is 14.4 Å². The maximum absolute atomic E-state index is 12.5. The molecule has 2 aliphatic rings. The number of aryl methyl sites for hydroxylation is 1. The molecule has 1 saturated carbocycles. The van der Waals surface area contributed by atoms with Crippen LogP contribution in [0.3, 0.4) is 0 Å². The minimum absolute atomic E-state index is 0.0219. The number of hydrogen-bond acceptors (Lipinski definition) is 5. The van der Waals surface area contributed by atoms with Crippen LogP contribution in [0.15, 0.2) is 42.6 Å². The van der Waals surface area contributed by atoms with Crippen molar-refractivity contribution in [2.24, 2.45) is 5.92 Å². The molecule has 1 aliphatic heterocycles. The van der Waals surface area contributed by atoms with E-state index in [-0.39, 0.29) is 36.7 Å². The molecule has 1 saturated heterocycles. The number of carbonyl (C=O) groups is 3. The third-order valence-electron chi connectivity index (χ3n) is 5.93. The van der Waals surface area contributed by atoms with Gasteiger partial charge in [-0.15, -0.1) is 0 Å². The van der Waals surface area contributed by atoms with E-state index in [4.69, 9.17) is 0 Å². The minimum atomic E-state index is -0.378. The second-order valence-electron chi connectivity index (χ2n) is 8.48. The molecule has 0 bridgehead atoms. The minimum Gasteiger partial charge on any atom is -0.353 e. The molecule has 1 aromatic heterocycles. The van der Waals surface area contributed by atoms with Gasteiger partial charge in [-0.05, 0) is 49.6 Å². The zero-order valence-electron chi connectivity index (χ0n) is 18.8. The number of benzene rings is 1. The molecule has 2 heterocycles. The third-order valence-corrected chi connectivity index (χ3v) is 5.93. The number of urea groups is 1. The van der Waals surface area contributed by atoms with E-state index < -0.39 is 0 Å². The quantitative estimate of drug-likeness (QED) is 0.601. The Kier molecular flexibility index (Phi) is 7.07. The van der Waals surface area contributed by atoms with Crippen LogP contribution in [0.2, 0.25) is 0 Å². The summed E-state index contributed by atoms with van der Waals surface area (Å²) in [5.41, 5.74) is 2.17. The standard InChI is InChI=1S/C24H30N6O3/c1-17-5-8-19(27-23(32)18-6-7-18)16-20(17)28-24(33)26-11-9-22(31)30-14-12-29(13-15-30)21-4-2-3-10-25-21/h2-5,8,10,16,18H,6-7,9,11-15H2,1H3,(H,27,32)(H2,26,28,33). The molecule has 1 aliphatic carbocycles. The van der Waals surface area contributed by atoms with Crippen molar-refractivity contribution in [3.8, 4) is 0 Å². The highest BCUT2D eigenvalue weighted by molar-refractivity contribution is 5.96. The lowest BCUT2D eigenvalue weighted by molar-refractivity contribution is -0.131. The summed E-state index contributed by atoms with van der Waals surface area (Å²) >= 11 is 0. The normalized spacial score (nSPS) is 15.7. The highest BCUT2D eigenvalue weighted by Gasteiger charge is 2.29. The van der Waals surface area contributed by atoms with Gasteiger partial charge in [-0.25, -0.2) is 9.78 Å². The Morgan fingerprint density at radius 2 is 1.82 bits per heavy atom. The topological polar surface area (TPSA) is 107 Å². The number of anilines is 3. The van der Waals surface area contributed by atoms with Crippen LogP contribution in [0, 0.1) is 12.8 Å². The van der Waals surface area contributed by atoms with Gasteiger partial charge in [0.05, 0.1) is 0 Å². The smallest absolute Gasteiger partial charge is 0.319 e. The van der Waals surface area contributed by atoms with Gasteiger partial charge in [0.1, 0.15) is 5.82 Å². The number of carbonyl (C=O) groups excluding carboxylic acids is 3. The van der Waals surface area contributed by atoms with E-state index in [1.807, 2.05) is 42.2 Å². The van der Waals surface area contributed by atoms with Crippen LogP contribution < -0.4 is 20.9 Å². The third kappa shape index (κ3) is 6.21. The Bertz CT molecular complexity index is 1000. The number of pyridine rings is 1. The summed E-state index contributed by atoms with van der Waals surface area (Å²) in [5, 5.41) is 8.44. The van der Waals surface area contributed by atoms with Gasteiger partial charge in [0.2, 0.25) is 11.8 Å². The lowest BCUT2D eigenvalue weighted by Crippen LogP contribution is -2.49. The monoisotopic (exact) mass is 450 g/mol. The number of aromatic nitrogens is 1. The van der Waals surface area contributed by atoms with Crippen molar-refractivity contribution >= 4 is 35.0 Å². The fourth-order valence-corrected chi connectivity index (χ4v) is 3.76. The largest absolute Gasteiger partial charge is 0.353 e. The van der Waals surface area contributed by atoms with E-state index in [0.717, 1.165) is 37.3 Å². The maximum atomic E-state index is 12.5. The molecule has 9 nitrogen and oxygen atoms in total. The average Bonchev–Trinajstić information content (AvgIpc) is 3.68. The molecule has 0 atom stereocenters. The molecule has 4 amide bonds.